The van der Waals surface area contributed by atoms with E-state index in [1.165, 1.54) is 17.7 Å². The molecular formula is C9H12N2O. The molecule has 3 nitrogen and oxygen atoms in total. The Balaban J connectivity index is 0.000000213. The van der Waals surface area contributed by atoms with Gasteiger partial charge in [0, 0.05) is 12.2 Å². The van der Waals surface area contributed by atoms with Gasteiger partial charge in [-0.15, -0.1) is 0 Å². The van der Waals surface area contributed by atoms with Gasteiger partial charge < -0.3 is 11.1 Å². The van der Waals surface area contributed by atoms with Gasteiger partial charge in [-0.25, -0.2) is 0 Å². The summed E-state index contributed by atoms with van der Waals surface area (Å²) < 4.78 is 0. The van der Waals surface area contributed by atoms with Crippen molar-refractivity contribution >= 4 is 12.1 Å². The molecule has 0 saturated heterocycles. The summed E-state index contributed by atoms with van der Waals surface area (Å²) in [6.45, 7) is 1.11. The van der Waals surface area contributed by atoms with Crippen molar-refractivity contribution < 1.29 is 4.79 Å². The molecule has 1 aromatic carbocycles. The number of carbonyl (C=O) groups is 1. The number of rotatable bonds is 0. The second-order valence-electron chi connectivity index (χ2n) is 2.47. The number of nitrogens with two attached hydrogens (primary N) is 1. The van der Waals surface area contributed by atoms with E-state index >= 15 is 0 Å². The van der Waals surface area contributed by atoms with Crippen LogP contribution < -0.4 is 11.1 Å². The Hall–Kier alpha value is -1.51. The van der Waals surface area contributed by atoms with Crippen LogP contribution in [-0.2, 0) is 11.2 Å². The molecule has 12 heavy (non-hydrogen) atoms. The third-order valence-corrected chi connectivity index (χ3v) is 1.73. The zero-order chi connectivity index (χ0) is 8.81. The minimum atomic E-state index is 0.250. The van der Waals surface area contributed by atoms with Crippen LogP contribution in [-0.4, -0.2) is 13.0 Å². The second kappa shape index (κ2) is 4.38. The van der Waals surface area contributed by atoms with Gasteiger partial charge in [-0.1, -0.05) is 18.2 Å². The van der Waals surface area contributed by atoms with E-state index in [-0.39, 0.29) is 6.41 Å². The fourth-order valence-electron chi connectivity index (χ4n) is 1.24. The zero-order valence-electron chi connectivity index (χ0n) is 6.79. The first-order valence-electron chi connectivity index (χ1n) is 3.85. The van der Waals surface area contributed by atoms with Crippen molar-refractivity contribution in [2.75, 3.05) is 11.9 Å². The number of benzene rings is 1. The van der Waals surface area contributed by atoms with Gasteiger partial charge in [-0.3, -0.25) is 4.79 Å². The van der Waals surface area contributed by atoms with Crippen molar-refractivity contribution in [3.63, 3.8) is 0 Å². The van der Waals surface area contributed by atoms with Gasteiger partial charge in [-0.05, 0) is 18.1 Å². The lowest BCUT2D eigenvalue weighted by molar-refractivity contribution is -0.106. The van der Waals surface area contributed by atoms with Crippen molar-refractivity contribution in [3.8, 4) is 0 Å². The zero-order valence-corrected chi connectivity index (χ0v) is 6.79. The van der Waals surface area contributed by atoms with E-state index in [9.17, 15) is 0 Å². The monoisotopic (exact) mass is 164 g/mol. The van der Waals surface area contributed by atoms with Gasteiger partial charge in [0.15, 0.2) is 0 Å². The summed E-state index contributed by atoms with van der Waals surface area (Å²) in [6, 6.07) is 8.46. The Morgan fingerprint density at radius 3 is 2.75 bits per heavy atom. The molecule has 64 valence electrons. The normalized spacial score (nSPS) is 12.0. The SMILES string of the molecule is NC=O.c1ccc2c(c1)CCN2. The van der Waals surface area contributed by atoms with E-state index in [0.29, 0.717) is 0 Å². The third kappa shape index (κ3) is 1.99. The molecular weight excluding hydrogens is 152 g/mol. The van der Waals surface area contributed by atoms with Crippen LogP contribution in [0.15, 0.2) is 24.3 Å². The minimum absolute atomic E-state index is 0.250. The number of fused-ring (bicyclic) bond motifs is 1. The van der Waals surface area contributed by atoms with E-state index < -0.39 is 0 Å². The van der Waals surface area contributed by atoms with Crippen LogP contribution in [0.5, 0.6) is 0 Å². The molecule has 3 heteroatoms. The van der Waals surface area contributed by atoms with Crippen molar-refractivity contribution in [1.29, 1.82) is 0 Å². The highest BCUT2D eigenvalue weighted by atomic mass is 16.1. The van der Waals surface area contributed by atoms with Crippen LogP contribution in [0.4, 0.5) is 5.69 Å². The fourth-order valence-corrected chi connectivity index (χ4v) is 1.24. The first kappa shape index (κ1) is 8.59. The van der Waals surface area contributed by atoms with Crippen molar-refractivity contribution in [2.24, 2.45) is 5.73 Å². The lowest BCUT2D eigenvalue weighted by Gasteiger charge is -1.94. The predicted octanol–water partition coefficient (Wildman–Crippen LogP) is 0.756. The smallest absolute Gasteiger partial charge is 0.204 e. The maximum atomic E-state index is 8.58. The molecule has 0 fully saturated rings. The van der Waals surface area contributed by atoms with E-state index in [4.69, 9.17) is 4.79 Å². The maximum absolute atomic E-state index is 8.58. The topological polar surface area (TPSA) is 55.1 Å². The standard InChI is InChI=1S/C8H9N.CH3NO/c1-2-4-8-7(3-1)5-6-9-8;2-1-3/h1-4,9H,5-6H2;1H,(H2,2,3). The van der Waals surface area contributed by atoms with Gasteiger partial charge in [0.1, 0.15) is 0 Å². The summed E-state index contributed by atoms with van der Waals surface area (Å²) in [5.74, 6) is 0. The highest BCUT2D eigenvalue weighted by Gasteiger charge is 2.05. The fraction of sp³-hybridized carbons (Fsp3) is 0.222. The van der Waals surface area contributed by atoms with Gasteiger partial charge in [0.25, 0.3) is 0 Å². The number of anilines is 1. The molecule has 3 N–H and O–H groups in total. The summed E-state index contributed by atoms with van der Waals surface area (Å²) in [4.78, 5) is 8.58. The Morgan fingerprint density at radius 2 is 2.08 bits per heavy atom. The van der Waals surface area contributed by atoms with Crippen LogP contribution >= 0.6 is 0 Å². The molecule has 0 radical (unpaired) electrons. The Kier molecular flexibility index (Phi) is 3.14. The van der Waals surface area contributed by atoms with E-state index in [0.717, 1.165) is 6.54 Å². The number of hydrogen-bond acceptors (Lipinski definition) is 2. The lowest BCUT2D eigenvalue weighted by Crippen LogP contribution is -1.90. The first-order valence-corrected chi connectivity index (χ1v) is 3.85. The molecule has 1 heterocycles. The van der Waals surface area contributed by atoms with Gasteiger partial charge in [0.05, 0.1) is 0 Å². The molecule has 0 atom stereocenters. The predicted molar refractivity (Wildman–Crippen MR) is 48.9 cm³/mol. The first-order chi connectivity index (χ1) is 5.88. The number of carbonyl (C=O) groups excluding carboxylic acids is 1. The number of primary amides is 1. The highest BCUT2D eigenvalue weighted by molar-refractivity contribution is 5.54. The van der Waals surface area contributed by atoms with Crippen molar-refractivity contribution in [2.45, 2.75) is 6.42 Å². The summed E-state index contributed by atoms with van der Waals surface area (Å²) in [6.07, 6.45) is 1.44. The molecule has 0 saturated carbocycles. The molecule has 0 unspecified atom stereocenters. The molecule has 0 aliphatic carbocycles. The molecule has 2 rings (SSSR count). The third-order valence-electron chi connectivity index (χ3n) is 1.73. The van der Waals surface area contributed by atoms with E-state index in [1.54, 1.807) is 0 Å². The molecule has 0 bridgehead atoms. The lowest BCUT2D eigenvalue weighted by atomic mass is 10.2. The largest absolute Gasteiger partial charge is 0.384 e. The minimum Gasteiger partial charge on any atom is -0.384 e. The quantitative estimate of drug-likeness (QED) is 0.556. The van der Waals surface area contributed by atoms with E-state index in [2.05, 4.69) is 35.3 Å². The molecule has 1 aromatic rings. The summed E-state index contributed by atoms with van der Waals surface area (Å²) in [7, 11) is 0. The van der Waals surface area contributed by atoms with Crippen molar-refractivity contribution in [1.82, 2.24) is 0 Å². The molecule has 0 spiro atoms. The van der Waals surface area contributed by atoms with Crippen LogP contribution in [0, 0.1) is 0 Å². The van der Waals surface area contributed by atoms with Crippen LogP contribution in [0.3, 0.4) is 0 Å². The number of para-hydroxylation sites is 1. The maximum Gasteiger partial charge on any atom is 0.204 e. The van der Waals surface area contributed by atoms with Gasteiger partial charge in [0.2, 0.25) is 6.41 Å². The Bertz CT molecular complexity index is 237. The van der Waals surface area contributed by atoms with Crippen LogP contribution in [0.2, 0.25) is 0 Å². The Morgan fingerprint density at radius 1 is 1.42 bits per heavy atom. The number of amides is 1. The number of nitrogens with one attached hydrogen (secondary N) is 1. The summed E-state index contributed by atoms with van der Waals surface area (Å²) >= 11 is 0. The molecule has 0 aromatic heterocycles. The second-order valence-corrected chi connectivity index (χ2v) is 2.47. The van der Waals surface area contributed by atoms with Gasteiger partial charge >= 0.3 is 0 Å². The summed E-state index contributed by atoms with van der Waals surface area (Å²) in [5.41, 5.74) is 6.94. The van der Waals surface area contributed by atoms with Crippen LogP contribution in [0.25, 0.3) is 0 Å². The van der Waals surface area contributed by atoms with Crippen LogP contribution in [0.1, 0.15) is 5.56 Å². The average Bonchev–Trinajstić information content (AvgIpc) is 2.52. The highest BCUT2D eigenvalue weighted by Crippen LogP contribution is 2.19. The van der Waals surface area contributed by atoms with Gasteiger partial charge in [-0.2, -0.15) is 0 Å². The van der Waals surface area contributed by atoms with Crippen molar-refractivity contribution in [3.05, 3.63) is 29.8 Å². The molecule has 1 aliphatic heterocycles. The van der Waals surface area contributed by atoms with E-state index in [1.807, 2.05) is 0 Å². The summed E-state index contributed by atoms with van der Waals surface area (Å²) in [5, 5.41) is 3.30. The molecule has 1 amide bonds. The number of hydrogen-bond donors (Lipinski definition) is 2. The molecule has 1 aliphatic rings. The Labute approximate surface area is 71.6 Å². The average molecular weight is 164 g/mol.